The van der Waals surface area contributed by atoms with Crippen molar-refractivity contribution in [1.82, 2.24) is 4.90 Å². The molecule has 0 spiro atoms. The molecule has 2 rings (SSSR count). The van der Waals surface area contributed by atoms with Crippen molar-refractivity contribution in [1.29, 1.82) is 0 Å². The van der Waals surface area contributed by atoms with Gasteiger partial charge in [-0.3, -0.25) is 4.79 Å². The maximum absolute atomic E-state index is 11.6. The van der Waals surface area contributed by atoms with Crippen LogP contribution in [0.25, 0.3) is 0 Å². The Hall–Kier alpha value is -0.450. The van der Waals surface area contributed by atoms with E-state index in [4.69, 9.17) is 9.84 Å². The molecule has 1 saturated carbocycles. The van der Waals surface area contributed by atoms with Gasteiger partial charge in [0.15, 0.2) is 0 Å². The van der Waals surface area contributed by atoms with Crippen molar-refractivity contribution in [3.63, 3.8) is 0 Å². The highest BCUT2D eigenvalue weighted by atomic mass is 16.5. The maximum atomic E-state index is 11.6. The largest absolute Gasteiger partial charge is 0.394 e. The van der Waals surface area contributed by atoms with Gasteiger partial charge in [0.1, 0.15) is 5.78 Å². The highest BCUT2D eigenvalue weighted by Crippen LogP contribution is 2.24. The van der Waals surface area contributed by atoms with E-state index in [0.29, 0.717) is 24.4 Å². The average molecular weight is 241 g/mol. The number of aliphatic hydroxyl groups is 1. The monoisotopic (exact) mass is 241 g/mol. The first kappa shape index (κ1) is 13.0. The number of hydrogen-bond donors (Lipinski definition) is 1. The van der Waals surface area contributed by atoms with E-state index >= 15 is 0 Å². The van der Waals surface area contributed by atoms with Gasteiger partial charge in [-0.05, 0) is 25.7 Å². The van der Waals surface area contributed by atoms with E-state index in [1.807, 2.05) is 0 Å². The molecule has 0 amide bonds. The lowest BCUT2D eigenvalue weighted by molar-refractivity contribution is -0.121. The molecule has 17 heavy (non-hydrogen) atoms. The molecule has 2 fully saturated rings. The smallest absolute Gasteiger partial charge is 0.137 e. The molecule has 1 N–H and O–H groups in total. The maximum Gasteiger partial charge on any atom is 0.137 e. The van der Waals surface area contributed by atoms with Crippen molar-refractivity contribution >= 4 is 5.78 Å². The van der Waals surface area contributed by atoms with Crippen LogP contribution >= 0.6 is 0 Å². The summed E-state index contributed by atoms with van der Waals surface area (Å²) in [5.74, 6) is 0.758. The summed E-state index contributed by atoms with van der Waals surface area (Å²) in [6.45, 7) is 3.56. The lowest BCUT2D eigenvalue weighted by Crippen LogP contribution is -2.40. The third-order valence-electron chi connectivity index (χ3n) is 3.89. The van der Waals surface area contributed by atoms with Crippen LogP contribution in [0, 0.1) is 5.92 Å². The van der Waals surface area contributed by atoms with Crippen molar-refractivity contribution in [2.75, 3.05) is 32.8 Å². The average Bonchev–Trinajstić information content (AvgIpc) is 2.74. The molecule has 0 aromatic rings. The SMILES string of the molecule is O=C1CCCC1CN1CCC(OCCO)CC1. The number of likely N-dealkylation sites (tertiary alicyclic amines) is 1. The number of ether oxygens (including phenoxy) is 1. The number of aliphatic hydroxyl groups excluding tert-OH is 1. The van der Waals surface area contributed by atoms with Crippen molar-refractivity contribution in [3.05, 3.63) is 0 Å². The zero-order chi connectivity index (χ0) is 12.1. The van der Waals surface area contributed by atoms with Crippen LogP contribution in [0.2, 0.25) is 0 Å². The van der Waals surface area contributed by atoms with Crippen LogP contribution in [-0.2, 0) is 9.53 Å². The van der Waals surface area contributed by atoms with Gasteiger partial charge < -0.3 is 14.7 Å². The first-order chi connectivity index (χ1) is 8.29. The van der Waals surface area contributed by atoms with Crippen molar-refractivity contribution < 1.29 is 14.6 Å². The van der Waals surface area contributed by atoms with Gasteiger partial charge in [0.2, 0.25) is 0 Å². The molecular weight excluding hydrogens is 218 g/mol. The summed E-state index contributed by atoms with van der Waals surface area (Å²) in [6, 6.07) is 0. The number of nitrogens with zero attached hydrogens (tertiary/aromatic N) is 1. The Bertz CT molecular complexity index is 249. The van der Waals surface area contributed by atoms with Gasteiger partial charge in [-0.2, -0.15) is 0 Å². The van der Waals surface area contributed by atoms with E-state index in [1.165, 1.54) is 0 Å². The molecular formula is C13H23NO3. The highest BCUT2D eigenvalue weighted by Gasteiger charge is 2.28. The predicted molar refractivity (Wildman–Crippen MR) is 64.8 cm³/mol. The van der Waals surface area contributed by atoms with Crippen LogP contribution in [0.4, 0.5) is 0 Å². The quantitative estimate of drug-likeness (QED) is 0.774. The molecule has 1 aliphatic heterocycles. The number of hydrogen-bond acceptors (Lipinski definition) is 4. The fourth-order valence-corrected chi connectivity index (χ4v) is 2.87. The van der Waals surface area contributed by atoms with E-state index in [1.54, 1.807) is 0 Å². The van der Waals surface area contributed by atoms with Gasteiger partial charge in [0.05, 0.1) is 19.3 Å². The standard InChI is InChI=1S/C13H23NO3/c15-8-9-17-12-4-6-14(7-5-12)10-11-2-1-3-13(11)16/h11-12,15H,1-10H2. The minimum atomic E-state index is 0.108. The lowest BCUT2D eigenvalue weighted by Gasteiger charge is -2.33. The molecule has 4 nitrogen and oxygen atoms in total. The normalized spacial score (nSPS) is 27.8. The number of piperidine rings is 1. The van der Waals surface area contributed by atoms with Crippen LogP contribution in [0.1, 0.15) is 32.1 Å². The molecule has 1 heterocycles. The van der Waals surface area contributed by atoms with Gasteiger partial charge >= 0.3 is 0 Å². The summed E-state index contributed by atoms with van der Waals surface area (Å²) in [4.78, 5) is 14.0. The molecule has 1 unspecified atom stereocenters. The Kier molecular flexibility index (Phi) is 4.95. The van der Waals surface area contributed by atoms with E-state index in [2.05, 4.69) is 4.90 Å². The summed E-state index contributed by atoms with van der Waals surface area (Å²) in [5.41, 5.74) is 0. The summed E-state index contributed by atoms with van der Waals surface area (Å²) >= 11 is 0. The minimum absolute atomic E-state index is 0.108. The molecule has 2 aliphatic rings. The van der Waals surface area contributed by atoms with Crippen molar-refractivity contribution in [3.8, 4) is 0 Å². The van der Waals surface area contributed by atoms with Crippen LogP contribution in [0.3, 0.4) is 0 Å². The Labute approximate surface area is 103 Å². The predicted octanol–water partition coefficient (Wildman–Crippen LogP) is 0.829. The van der Waals surface area contributed by atoms with E-state index in [9.17, 15) is 4.79 Å². The Morgan fingerprint density at radius 3 is 2.65 bits per heavy atom. The zero-order valence-corrected chi connectivity index (χ0v) is 10.4. The Morgan fingerprint density at radius 1 is 1.29 bits per heavy atom. The summed E-state index contributed by atoms with van der Waals surface area (Å²) < 4.78 is 5.53. The summed E-state index contributed by atoms with van der Waals surface area (Å²) in [7, 11) is 0. The molecule has 0 radical (unpaired) electrons. The summed E-state index contributed by atoms with van der Waals surface area (Å²) in [5, 5.41) is 8.69. The van der Waals surface area contributed by atoms with Crippen LogP contribution in [0.5, 0.6) is 0 Å². The second kappa shape index (κ2) is 6.47. The molecule has 98 valence electrons. The lowest BCUT2D eigenvalue weighted by atomic mass is 10.0. The Balaban J connectivity index is 1.66. The second-order valence-corrected chi connectivity index (χ2v) is 5.15. The minimum Gasteiger partial charge on any atom is -0.394 e. The topological polar surface area (TPSA) is 49.8 Å². The van der Waals surface area contributed by atoms with Crippen LogP contribution < -0.4 is 0 Å². The Morgan fingerprint density at radius 2 is 2.06 bits per heavy atom. The third kappa shape index (κ3) is 3.76. The number of ketones is 1. The van der Waals surface area contributed by atoms with Gasteiger partial charge in [-0.15, -0.1) is 0 Å². The fourth-order valence-electron chi connectivity index (χ4n) is 2.87. The first-order valence-electron chi connectivity index (χ1n) is 6.77. The molecule has 1 saturated heterocycles. The number of rotatable bonds is 5. The third-order valence-corrected chi connectivity index (χ3v) is 3.89. The van der Waals surface area contributed by atoms with E-state index in [-0.39, 0.29) is 6.61 Å². The number of Topliss-reactive ketones (excluding diaryl/α,β-unsaturated/α-hetero) is 1. The highest BCUT2D eigenvalue weighted by molar-refractivity contribution is 5.83. The molecule has 0 aromatic carbocycles. The zero-order valence-electron chi connectivity index (χ0n) is 10.4. The van der Waals surface area contributed by atoms with Crippen molar-refractivity contribution in [2.24, 2.45) is 5.92 Å². The van der Waals surface area contributed by atoms with Crippen LogP contribution in [-0.4, -0.2) is 54.7 Å². The molecule has 0 aromatic heterocycles. The fraction of sp³-hybridized carbons (Fsp3) is 0.923. The number of carbonyl (C=O) groups excluding carboxylic acids is 1. The second-order valence-electron chi connectivity index (χ2n) is 5.15. The van der Waals surface area contributed by atoms with Crippen LogP contribution in [0.15, 0.2) is 0 Å². The summed E-state index contributed by atoms with van der Waals surface area (Å²) in [6.07, 6.45) is 5.32. The van der Waals surface area contributed by atoms with E-state index in [0.717, 1.165) is 51.7 Å². The van der Waals surface area contributed by atoms with Gasteiger partial charge in [-0.25, -0.2) is 0 Å². The van der Waals surface area contributed by atoms with Gasteiger partial charge in [-0.1, -0.05) is 0 Å². The number of carbonyl (C=O) groups is 1. The van der Waals surface area contributed by atoms with Gasteiger partial charge in [0, 0.05) is 32.0 Å². The van der Waals surface area contributed by atoms with E-state index < -0.39 is 0 Å². The molecule has 4 heteroatoms. The molecule has 0 bridgehead atoms. The molecule has 1 aliphatic carbocycles. The first-order valence-corrected chi connectivity index (χ1v) is 6.77. The molecule has 1 atom stereocenters. The van der Waals surface area contributed by atoms with Crippen molar-refractivity contribution in [2.45, 2.75) is 38.2 Å². The van der Waals surface area contributed by atoms with Gasteiger partial charge in [0.25, 0.3) is 0 Å².